The normalized spacial score (nSPS) is 17.0. The van der Waals surface area contributed by atoms with Crippen LogP contribution in [0.4, 0.5) is 0 Å². The SMILES string of the molecule is Cc1occc1C(=O)N(CCC(=O)NCCC(C)C)C[C@@H]1CCCO1. The van der Waals surface area contributed by atoms with Gasteiger partial charge in [0, 0.05) is 32.7 Å². The molecule has 0 bridgehead atoms. The lowest BCUT2D eigenvalue weighted by atomic mass is 10.1. The zero-order chi connectivity index (χ0) is 18.2. The Labute approximate surface area is 149 Å². The Morgan fingerprint density at radius 2 is 2.20 bits per heavy atom. The number of furan rings is 1. The van der Waals surface area contributed by atoms with Crippen LogP contribution in [0, 0.1) is 12.8 Å². The van der Waals surface area contributed by atoms with Crippen LogP contribution in [0.3, 0.4) is 0 Å². The summed E-state index contributed by atoms with van der Waals surface area (Å²) in [6, 6.07) is 1.68. The Balaban J connectivity index is 1.91. The molecule has 0 unspecified atom stereocenters. The molecule has 1 atom stereocenters. The van der Waals surface area contributed by atoms with Gasteiger partial charge in [-0.05, 0) is 38.2 Å². The van der Waals surface area contributed by atoms with Gasteiger partial charge in [0.15, 0.2) is 0 Å². The second-order valence-corrected chi connectivity index (χ2v) is 7.06. The first-order chi connectivity index (χ1) is 12.0. The highest BCUT2D eigenvalue weighted by molar-refractivity contribution is 5.95. The number of nitrogens with zero attached hydrogens (tertiary/aromatic N) is 1. The molecule has 0 spiro atoms. The lowest BCUT2D eigenvalue weighted by Crippen LogP contribution is -2.40. The van der Waals surface area contributed by atoms with Gasteiger partial charge in [0.1, 0.15) is 5.76 Å². The van der Waals surface area contributed by atoms with E-state index >= 15 is 0 Å². The number of hydrogen-bond acceptors (Lipinski definition) is 4. The van der Waals surface area contributed by atoms with Crippen LogP contribution in [-0.2, 0) is 9.53 Å². The van der Waals surface area contributed by atoms with Crippen LogP contribution in [0.25, 0.3) is 0 Å². The monoisotopic (exact) mass is 350 g/mol. The molecule has 2 heterocycles. The topological polar surface area (TPSA) is 71.8 Å². The minimum absolute atomic E-state index is 0.0188. The summed E-state index contributed by atoms with van der Waals surface area (Å²) in [4.78, 5) is 26.6. The predicted molar refractivity (Wildman–Crippen MR) is 95.4 cm³/mol. The minimum atomic E-state index is -0.100. The second kappa shape index (κ2) is 9.61. The molecular formula is C19H30N2O4. The van der Waals surface area contributed by atoms with Gasteiger partial charge in [-0.15, -0.1) is 0 Å². The van der Waals surface area contributed by atoms with E-state index in [2.05, 4.69) is 19.2 Å². The molecule has 6 heteroatoms. The maximum Gasteiger partial charge on any atom is 0.257 e. The number of hydrogen-bond donors (Lipinski definition) is 1. The van der Waals surface area contributed by atoms with E-state index in [0.29, 0.717) is 43.3 Å². The van der Waals surface area contributed by atoms with Crippen molar-refractivity contribution in [1.82, 2.24) is 10.2 Å². The van der Waals surface area contributed by atoms with Crippen molar-refractivity contribution < 1.29 is 18.7 Å². The van der Waals surface area contributed by atoms with Crippen LogP contribution in [0.5, 0.6) is 0 Å². The van der Waals surface area contributed by atoms with Crippen molar-refractivity contribution in [2.45, 2.75) is 52.6 Å². The quantitative estimate of drug-likeness (QED) is 0.743. The van der Waals surface area contributed by atoms with Crippen LogP contribution < -0.4 is 5.32 Å². The Bertz CT molecular complexity index is 562. The molecule has 0 aromatic carbocycles. The smallest absolute Gasteiger partial charge is 0.257 e. The summed E-state index contributed by atoms with van der Waals surface area (Å²) in [5.74, 6) is 1.04. The van der Waals surface area contributed by atoms with Crippen LogP contribution >= 0.6 is 0 Å². The second-order valence-electron chi connectivity index (χ2n) is 7.06. The minimum Gasteiger partial charge on any atom is -0.469 e. The number of rotatable bonds is 9. The van der Waals surface area contributed by atoms with E-state index < -0.39 is 0 Å². The molecule has 0 saturated carbocycles. The zero-order valence-electron chi connectivity index (χ0n) is 15.5. The summed E-state index contributed by atoms with van der Waals surface area (Å²) in [5.41, 5.74) is 0.554. The molecule has 0 radical (unpaired) electrons. The van der Waals surface area contributed by atoms with Gasteiger partial charge in [0.05, 0.1) is 17.9 Å². The summed E-state index contributed by atoms with van der Waals surface area (Å²) in [6.45, 7) is 8.35. The molecule has 1 fully saturated rings. The molecule has 6 nitrogen and oxygen atoms in total. The molecule has 1 saturated heterocycles. The number of carbonyl (C=O) groups excluding carboxylic acids is 2. The highest BCUT2D eigenvalue weighted by Crippen LogP contribution is 2.17. The van der Waals surface area contributed by atoms with E-state index in [9.17, 15) is 9.59 Å². The summed E-state index contributed by atoms with van der Waals surface area (Å²) >= 11 is 0. The maximum absolute atomic E-state index is 12.8. The highest BCUT2D eigenvalue weighted by atomic mass is 16.5. The van der Waals surface area contributed by atoms with E-state index in [1.807, 2.05) is 0 Å². The number of carbonyl (C=O) groups is 2. The third-order valence-corrected chi connectivity index (χ3v) is 4.48. The molecule has 2 rings (SSSR count). The third-order valence-electron chi connectivity index (χ3n) is 4.48. The molecule has 140 valence electrons. The van der Waals surface area contributed by atoms with Gasteiger partial charge in [-0.3, -0.25) is 9.59 Å². The number of ether oxygens (including phenoxy) is 1. The number of nitrogens with one attached hydrogen (secondary N) is 1. The fourth-order valence-corrected chi connectivity index (χ4v) is 2.91. The van der Waals surface area contributed by atoms with Crippen molar-refractivity contribution in [2.24, 2.45) is 5.92 Å². The standard InChI is InChI=1S/C19H30N2O4/c1-14(2)6-9-20-18(22)7-10-21(13-16-5-4-11-25-16)19(23)17-8-12-24-15(17)3/h8,12,14,16H,4-7,9-11,13H2,1-3H3,(H,20,22)/t16-/m0/s1. The van der Waals surface area contributed by atoms with Gasteiger partial charge in [0.25, 0.3) is 5.91 Å². The lowest BCUT2D eigenvalue weighted by molar-refractivity contribution is -0.121. The highest BCUT2D eigenvalue weighted by Gasteiger charge is 2.25. The van der Waals surface area contributed by atoms with Crippen molar-refractivity contribution >= 4 is 11.8 Å². The maximum atomic E-state index is 12.8. The molecule has 0 aliphatic carbocycles. The molecule has 1 N–H and O–H groups in total. The van der Waals surface area contributed by atoms with Gasteiger partial charge in [-0.2, -0.15) is 0 Å². The van der Waals surface area contributed by atoms with Gasteiger partial charge in [-0.25, -0.2) is 0 Å². The van der Waals surface area contributed by atoms with Crippen molar-refractivity contribution in [3.8, 4) is 0 Å². The molecule has 25 heavy (non-hydrogen) atoms. The van der Waals surface area contributed by atoms with E-state index in [0.717, 1.165) is 25.9 Å². The average molecular weight is 350 g/mol. The van der Waals surface area contributed by atoms with Crippen molar-refractivity contribution in [1.29, 1.82) is 0 Å². The molecule has 1 aliphatic heterocycles. The summed E-state index contributed by atoms with van der Waals surface area (Å²) in [7, 11) is 0. The first-order valence-electron chi connectivity index (χ1n) is 9.19. The number of aryl methyl sites for hydroxylation is 1. The zero-order valence-corrected chi connectivity index (χ0v) is 15.5. The molecule has 1 aromatic heterocycles. The van der Waals surface area contributed by atoms with Crippen molar-refractivity contribution in [3.63, 3.8) is 0 Å². The Kier molecular flexibility index (Phi) is 7.50. The first kappa shape index (κ1) is 19.5. The van der Waals surface area contributed by atoms with E-state index in [-0.39, 0.29) is 17.9 Å². The fourth-order valence-electron chi connectivity index (χ4n) is 2.91. The van der Waals surface area contributed by atoms with Crippen molar-refractivity contribution in [3.05, 3.63) is 23.7 Å². The summed E-state index contributed by atoms with van der Waals surface area (Å²) in [5, 5.41) is 2.92. The van der Waals surface area contributed by atoms with Crippen LogP contribution in [0.2, 0.25) is 0 Å². The van der Waals surface area contributed by atoms with Crippen molar-refractivity contribution in [2.75, 3.05) is 26.2 Å². The Morgan fingerprint density at radius 3 is 2.80 bits per heavy atom. The van der Waals surface area contributed by atoms with Crippen LogP contribution in [0.1, 0.15) is 55.6 Å². The molecule has 1 aliphatic rings. The molecule has 2 amide bonds. The summed E-state index contributed by atoms with van der Waals surface area (Å²) < 4.78 is 10.9. The molecular weight excluding hydrogens is 320 g/mol. The fraction of sp³-hybridized carbons (Fsp3) is 0.684. The average Bonchev–Trinajstić information content (AvgIpc) is 3.21. The lowest BCUT2D eigenvalue weighted by Gasteiger charge is -2.25. The Hall–Kier alpha value is -1.82. The first-order valence-corrected chi connectivity index (χ1v) is 9.19. The van der Waals surface area contributed by atoms with Crippen LogP contribution in [0.15, 0.2) is 16.7 Å². The summed E-state index contributed by atoms with van der Waals surface area (Å²) in [6.07, 6.45) is 4.80. The van der Waals surface area contributed by atoms with E-state index in [1.54, 1.807) is 17.9 Å². The van der Waals surface area contributed by atoms with Gasteiger partial charge >= 0.3 is 0 Å². The predicted octanol–water partition coefficient (Wildman–Crippen LogP) is 2.76. The number of amides is 2. The van der Waals surface area contributed by atoms with Crippen LogP contribution in [-0.4, -0.2) is 49.1 Å². The van der Waals surface area contributed by atoms with E-state index in [1.165, 1.54) is 6.26 Å². The third kappa shape index (κ3) is 6.20. The van der Waals surface area contributed by atoms with Gasteiger partial charge < -0.3 is 19.4 Å². The molecule has 1 aromatic rings. The van der Waals surface area contributed by atoms with Gasteiger partial charge in [-0.1, -0.05) is 13.8 Å². The largest absolute Gasteiger partial charge is 0.469 e. The van der Waals surface area contributed by atoms with Gasteiger partial charge in [0.2, 0.25) is 5.91 Å². The van der Waals surface area contributed by atoms with E-state index in [4.69, 9.17) is 9.15 Å². The Morgan fingerprint density at radius 1 is 1.40 bits per heavy atom.